The lowest BCUT2D eigenvalue weighted by atomic mass is 9.50. The van der Waals surface area contributed by atoms with Crippen molar-refractivity contribution >= 4 is 10.0 Å². The fraction of sp³-hybridized carbons (Fsp3) is 0.368. The van der Waals surface area contributed by atoms with E-state index in [1.54, 1.807) is 6.07 Å². The Morgan fingerprint density at radius 3 is 2.39 bits per heavy atom. The molecule has 3 aliphatic rings. The quantitative estimate of drug-likeness (QED) is 0.914. The topological polar surface area (TPSA) is 46.2 Å². The van der Waals surface area contributed by atoms with E-state index in [-0.39, 0.29) is 5.54 Å². The van der Waals surface area contributed by atoms with Crippen LogP contribution in [0.3, 0.4) is 0 Å². The third-order valence-electron chi connectivity index (χ3n) is 5.13. The summed E-state index contributed by atoms with van der Waals surface area (Å²) >= 11 is 0. The molecule has 0 radical (unpaired) electrons. The second-order valence-electron chi connectivity index (χ2n) is 7.14. The van der Waals surface area contributed by atoms with Crippen molar-refractivity contribution in [2.24, 2.45) is 5.92 Å². The Morgan fingerprint density at radius 2 is 1.78 bits per heavy atom. The first kappa shape index (κ1) is 14.9. The maximum Gasteiger partial charge on any atom is 0.241 e. The van der Waals surface area contributed by atoms with Gasteiger partial charge in [0.25, 0.3) is 0 Å². The summed E-state index contributed by atoms with van der Waals surface area (Å²) < 4.78 is 28.7. The van der Waals surface area contributed by atoms with E-state index in [2.05, 4.69) is 4.72 Å². The standard InChI is InChI=1S/C19H21NO2S/c1-14-7-8-18(17(9-14)10-15-5-3-2-4-6-15)23(21,22)20-19-11-16(12-19)13-19/h2-9,16,20H,10-13H2,1H3. The van der Waals surface area contributed by atoms with Crippen LogP contribution in [0.25, 0.3) is 0 Å². The van der Waals surface area contributed by atoms with Crippen LogP contribution in [-0.2, 0) is 16.4 Å². The average molecular weight is 327 g/mol. The normalized spacial score (nSPS) is 25.5. The van der Waals surface area contributed by atoms with Crippen molar-refractivity contribution in [2.45, 2.75) is 43.0 Å². The van der Waals surface area contributed by atoms with Gasteiger partial charge in [0.15, 0.2) is 0 Å². The molecule has 0 aliphatic heterocycles. The molecule has 0 atom stereocenters. The first-order valence-corrected chi connectivity index (χ1v) is 9.62. The van der Waals surface area contributed by atoms with Gasteiger partial charge in [0.1, 0.15) is 0 Å². The highest BCUT2D eigenvalue weighted by molar-refractivity contribution is 7.89. The van der Waals surface area contributed by atoms with Gasteiger partial charge in [-0.3, -0.25) is 0 Å². The van der Waals surface area contributed by atoms with E-state index in [0.717, 1.165) is 41.9 Å². The van der Waals surface area contributed by atoms with Crippen LogP contribution in [0, 0.1) is 12.8 Å². The molecule has 23 heavy (non-hydrogen) atoms. The van der Waals surface area contributed by atoms with Gasteiger partial charge in [-0.1, -0.05) is 48.0 Å². The van der Waals surface area contributed by atoms with Crippen LogP contribution < -0.4 is 4.72 Å². The monoisotopic (exact) mass is 327 g/mol. The average Bonchev–Trinajstić information content (AvgIpc) is 2.43. The summed E-state index contributed by atoms with van der Waals surface area (Å²) in [6, 6.07) is 15.6. The zero-order valence-corrected chi connectivity index (χ0v) is 14.1. The van der Waals surface area contributed by atoms with Gasteiger partial charge in [0.2, 0.25) is 10.0 Å². The molecule has 0 aromatic heterocycles. The van der Waals surface area contributed by atoms with E-state index in [1.165, 1.54) is 0 Å². The van der Waals surface area contributed by atoms with Gasteiger partial charge in [0.05, 0.1) is 4.90 Å². The minimum atomic E-state index is -3.46. The number of rotatable bonds is 5. The van der Waals surface area contributed by atoms with E-state index in [9.17, 15) is 8.42 Å². The molecule has 2 aromatic rings. The van der Waals surface area contributed by atoms with Crippen molar-refractivity contribution in [1.82, 2.24) is 4.72 Å². The van der Waals surface area contributed by atoms with Crippen molar-refractivity contribution < 1.29 is 8.42 Å². The molecule has 3 fully saturated rings. The second kappa shape index (κ2) is 5.18. The minimum Gasteiger partial charge on any atom is -0.207 e. The molecule has 3 saturated carbocycles. The summed E-state index contributed by atoms with van der Waals surface area (Å²) in [6.07, 6.45) is 3.65. The van der Waals surface area contributed by atoms with Crippen LogP contribution >= 0.6 is 0 Å². The molecule has 2 aromatic carbocycles. The van der Waals surface area contributed by atoms with Crippen LogP contribution in [0.1, 0.15) is 36.0 Å². The van der Waals surface area contributed by atoms with Gasteiger partial charge in [-0.15, -0.1) is 0 Å². The predicted molar refractivity (Wildman–Crippen MR) is 90.8 cm³/mol. The Bertz CT molecular complexity index is 826. The van der Waals surface area contributed by atoms with Gasteiger partial charge >= 0.3 is 0 Å². The van der Waals surface area contributed by atoms with Crippen LogP contribution in [-0.4, -0.2) is 14.0 Å². The Hall–Kier alpha value is -1.65. The first-order valence-electron chi connectivity index (χ1n) is 8.13. The Labute approximate surface area is 137 Å². The molecule has 0 spiro atoms. The number of benzene rings is 2. The predicted octanol–water partition coefficient (Wildman–Crippen LogP) is 3.42. The zero-order valence-electron chi connectivity index (χ0n) is 13.2. The maximum atomic E-state index is 12.9. The van der Waals surface area contributed by atoms with Crippen molar-refractivity contribution in [2.75, 3.05) is 0 Å². The second-order valence-corrected chi connectivity index (χ2v) is 8.79. The molecular formula is C19H21NO2S. The van der Waals surface area contributed by atoms with E-state index < -0.39 is 10.0 Å². The number of hydrogen-bond donors (Lipinski definition) is 1. The molecular weight excluding hydrogens is 306 g/mol. The molecule has 0 unspecified atom stereocenters. The van der Waals surface area contributed by atoms with Gasteiger partial charge < -0.3 is 0 Å². The molecule has 4 heteroatoms. The smallest absolute Gasteiger partial charge is 0.207 e. The Kier molecular flexibility index (Phi) is 3.36. The molecule has 1 N–H and O–H groups in total. The lowest BCUT2D eigenvalue weighted by Gasteiger charge is -2.61. The van der Waals surface area contributed by atoms with Gasteiger partial charge in [-0.25, -0.2) is 13.1 Å². The number of hydrogen-bond acceptors (Lipinski definition) is 2. The highest BCUT2D eigenvalue weighted by Gasteiger charge is 2.58. The molecule has 5 rings (SSSR count). The summed E-state index contributed by atoms with van der Waals surface area (Å²) in [5, 5.41) is 0. The highest BCUT2D eigenvalue weighted by Crippen LogP contribution is 2.57. The molecule has 0 saturated heterocycles. The van der Waals surface area contributed by atoms with E-state index in [0.29, 0.717) is 11.3 Å². The molecule has 0 heterocycles. The fourth-order valence-corrected chi connectivity index (χ4v) is 5.52. The summed E-state index contributed by atoms with van der Waals surface area (Å²) in [7, 11) is -3.46. The first-order chi connectivity index (χ1) is 11.0. The summed E-state index contributed by atoms with van der Waals surface area (Å²) in [5.74, 6) is 0.750. The lowest BCUT2D eigenvalue weighted by molar-refractivity contribution is -0.0317. The van der Waals surface area contributed by atoms with E-state index >= 15 is 0 Å². The molecule has 3 nitrogen and oxygen atoms in total. The SMILES string of the molecule is Cc1ccc(S(=O)(=O)NC23CC(C2)C3)c(Cc2ccccc2)c1. The van der Waals surface area contributed by atoms with Gasteiger partial charge in [-0.2, -0.15) is 0 Å². The fourth-order valence-electron chi connectivity index (χ4n) is 3.87. The number of nitrogens with one attached hydrogen (secondary N) is 1. The van der Waals surface area contributed by atoms with Crippen LogP contribution in [0.15, 0.2) is 53.4 Å². The van der Waals surface area contributed by atoms with Crippen molar-refractivity contribution in [1.29, 1.82) is 0 Å². The molecule has 120 valence electrons. The minimum absolute atomic E-state index is 0.140. The maximum absolute atomic E-state index is 12.9. The third-order valence-corrected chi connectivity index (χ3v) is 6.81. The third kappa shape index (κ3) is 2.70. The lowest BCUT2D eigenvalue weighted by Crippen LogP contribution is -2.67. The van der Waals surface area contributed by atoms with E-state index in [1.807, 2.05) is 49.4 Å². The largest absolute Gasteiger partial charge is 0.241 e. The highest BCUT2D eigenvalue weighted by atomic mass is 32.2. The van der Waals surface area contributed by atoms with Crippen LogP contribution in [0.2, 0.25) is 0 Å². The summed E-state index contributed by atoms with van der Waals surface area (Å²) in [5.41, 5.74) is 2.94. The Morgan fingerprint density at radius 1 is 1.09 bits per heavy atom. The molecule has 3 aliphatic carbocycles. The van der Waals surface area contributed by atoms with Crippen LogP contribution in [0.4, 0.5) is 0 Å². The van der Waals surface area contributed by atoms with Crippen molar-refractivity contribution in [3.8, 4) is 0 Å². The number of sulfonamides is 1. The Balaban J connectivity index is 1.67. The van der Waals surface area contributed by atoms with Gasteiger partial charge in [-0.05, 0) is 55.7 Å². The molecule has 2 bridgehead atoms. The summed E-state index contributed by atoms with van der Waals surface area (Å²) in [4.78, 5) is 0.427. The number of aryl methyl sites for hydroxylation is 1. The van der Waals surface area contributed by atoms with Crippen LogP contribution in [0.5, 0.6) is 0 Å². The zero-order chi connectivity index (χ0) is 16.1. The summed E-state index contributed by atoms with van der Waals surface area (Å²) in [6.45, 7) is 2.00. The van der Waals surface area contributed by atoms with Crippen molar-refractivity contribution in [3.05, 3.63) is 65.2 Å². The van der Waals surface area contributed by atoms with Gasteiger partial charge in [0, 0.05) is 5.54 Å². The molecule has 0 amide bonds. The van der Waals surface area contributed by atoms with E-state index in [4.69, 9.17) is 0 Å². The van der Waals surface area contributed by atoms with Crippen molar-refractivity contribution in [3.63, 3.8) is 0 Å².